The number of hydrogen-bond donors (Lipinski definition) is 1. The predicted octanol–water partition coefficient (Wildman–Crippen LogP) is 3.25. The van der Waals surface area contributed by atoms with Crippen LogP contribution in [-0.2, 0) is 5.41 Å². The summed E-state index contributed by atoms with van der Waals surface area (Å²) in [6.45, 7) is 5.49. The zero-order chi connectivity index (χ0) is 15.8. The second-order valence-corrected chi connectivity index (χ2v) is 5.56. The van der Waals surface area contributed by atoms with Crippen LogP contribution in [0.1, 0.15) is 37.0 Å². The summed E-state index contributed by atoms with van der Waals surface area (Å²) in [4.78, 5) is 25.6. The fourth-order valence-electron chi connectivity index (χ4n) is 1.82. The fraction of sp³-hybridized carbons (Fsp3) is 0.286. The first kappa shape index (κ1) is 14.7. The van der Waals surface area contributed by atoms with Crippen LogP contribution in [0.5, 0.6) is 0 Å². The highest BCUT2D eigenvalue weighted by Crippen LogP contribution is 2.30. The van der Waals surface area contributed by atoms with Gasteiger partial charge in [-0.1, -0.05) is 20.8 Å². The summed E-state index contributed by atoms with van der Waals surface area (Å²) in [5, 5.41) is 19.8. The second-order valence-electron chi connectivity index (χ2n) is 5.56. The summed E-state index contributed by atoms with van der Waals surface area (Å²) in [7, 11) is 0. The third-order valence-corrected chi connectivity index (χ3v) is 2.86. The maximum Gasteiger partial charge on any atom is 0.373 e. The summed E-state index contributed by atoms with van der Waals surface area (Å²) in [5.41, 5.74) is 0.276. The van der Waals surface area contributed by atoms with Crippen LogP contribution in [0, 0.1) is 10.1 Å². The average molecular weight is 290 g/mol. The molecule has 0 saturated heterocycles. The molecule has 0 unspecified atom stereocenters. The summed E-state index contributed by atoms with van der Waals surface area (Å²) in [6.07, 6.45) is 0. The molecule has 1 N–H and O–H groups in total. The van der Waals surface area contributed by atoms with Gasteiger partial charge in [-0.05, 0) is 12.1 Å². The van der Waals surface area contributed by atoms with Gasteiger partial charge in [0.05, 0.1) is 4.92 Å². The molecule has 0 atom stereocenters. The van der Waals surface area contributed by atoms with Gasteiger partial charge in [-0.2, -0.15) is 0 Å². The van der Waals surface area contributed by atoms with Crippen molar-refractivity contribution in [3.8, 4) is 11.5 Å². The smallest absolute Gasteiger partial charge is 0.373 e. The second kappa shape index (κ2) is 5.01. The summed E-state index contributed by atoms with van der Waals surface area (Å²) in [6, 6.07) is 5.58. The molecule has 0 amide bonds. The Hall–Kier alpha value is -2.70. The van der Waals surface area contributed by atoms with Crippen molar-refractivity contribution < 1.29 is 19.2 Å². The van der Waals surface area contributed by atoms with E-state index in [9.17, 15) is 20.0 Å². The van der Waals surface area contributed by atoms with Gasteiger partial charge in [0.2, 0.25) is 11.7 Å². The first-order chi connectivity index (χ1) is 9.70. The molecule has 110 valence electrons. The Morgan fingerprint density at radius 1 is 1.29 bits per heavy atom. The van der Waals surface area contributed by atoms with Gasteiger partial charge in [0.1, 0.15) is 5.69 Å². The number of carboxylic acids is 1. The minimum atomic E-state index is -1.19. The number of benzene rings is 1. The van der Waals surface area contributed by atoms with E-state index in [1.165, 1.54) is 24.3 Å². The third kappa shape index (κ3) is 2.91. The number of nitro benzene ring substituents is 1. The number of hydrogen-bond acceptors (Lipinski definition) is 5. The third-order valence-electron chi connectivity index (χ3n) is 2.86. The molecule has 0 saturated carbocycles. The maximum atomic E-state index is 11.2. The van der Waals surface area contributed by atoms with E-state index in [2.05, 4.69) is 4.98 Å². The molecule has 2 rings (SSSR count). The van der Waals surface area contributed by atoms with Crippen molar-refractivity contribution in [2.45, 2.75) is 26.2 Å². The predicted molar refractivity (Wildman–Crippen MR) is 74.3 cm³/mol. The molecule has 0 spiro atoms. The standard InChI is InChI=1S/C14H14N2O5/c1-14(2,3)11-10(13(17)18)21-12(15-11)8-4-6-9(7-5-8)16(19)20/h4-7H,1-3H3,(H,17,18). The van der Waals surface area contributed by atoms with E-state index < -0.39 is 16.3 Å². The molecule has 0 fully saturated rings. The van der Waals surface area contributed by atoms with Gasteiger partial charge in [-0.3, -0.25) is 10.1 Å². The lowest BCUT2D eigenvalue weighted by Crippen LogP contribution is -2.16. The largest absolute Gasteiger partial charge is 0.475 e. The molecule has 7 nitrogen and oxygen atoms in total. The topological polar surface area (TPSA) is 106 Å². The highest BCUT2D eigenvalue weighted by Gasteiger charge is 2.29. The first-order valence-electron chi connectivity index (χ1n) is 6.19. The fourth-order valence-corrected chi connectivity index (χ4v) is 1.82. The number of carboxylic acid groups (broad SMARTS) is 1. The van der Waals surface area contributed by atoms with Crippen molar-refractivity contribution in [3.05, 3.63) is 45.8 Å². The van der Waals surface area contributed by atoms with Crippen molar-refractivity contribution in [3.63, 3.8) is 0 Å². The van der Waals surface area contributed by atoms with Gasteiger partial charge < -0.3 is 9.52 Å². The van der Waals surface area contributed by atoms with Crippen molar-refractivity contribution >= 4 is 11.7 Å². The molecule has 7 heteroatoms. The van der Waals surface area contributed by atoms with Gasteiger partial charge in [0, 0.05) is 23.1 Å². The minimum Gasteiger partial charge on any atom is -0.475 e. The Morgan fingerprint density at radius 3 is 2.24 bits per heavy atom. The van der Waals surface area contributed by atoms with E-state index in [0.29, 0.717) is 11.3 Å². The van der Waals surface area contributed by atoms with E-state index in [-0.39, 0.29) is 17.3 Å². The van der Waals surface area contributed by atoms with Crippen LogP contribution in [0.2, 0.25) is 0 Å². The maximum absolute atomic E-state index is 11.2. The molecule has 1 heterocycles. The van der Waals surface area contributed by atoms with Crippen LogP contribution in [0.15, 0.2) is 28.7 Å². The Kier molecular flexibility index (Phi) is 3.51. The zero-order valence-corrected chi connectivity index (χ0v) is 11.8. The number of oxazole rings is 1. The lowest BCUT2D eigenvalue weighted by molar-refractivity contribution is -0.384. The van der Waals surface area contributed by atoms with E-state index in [4.69, 9.17) is 4.42 Å². The van der Waals surface area contributed by atoms with Crippen molar-refractivity contribution in [2.75, 3.05) is 0 Å². The molecular formula is C14H14N2O5. The number of nitrogens with zero attached hydrogens (tertiary/aromatic N) is 2. The Morgan fingerprint density at radius 2 is 1.86 bits per heavy atom. The zero-order valence-electron chi connectivity index (χ0n) is 11.8. The molecule has 0 bridgehead atoms. The van der Waals surface area contributed by atoms with Crippen molar-refractivity contribution in [1.29, 1.82) is 0 Å². The highest BCUT2D eigenvalue weighted by atomic mass is 16.6. The van der Waals surface area contributed by atoms with Gasteiger partial charge in [-0.25, -0.2) is 9.78 Å². The quantitative estimate of drug-likeness (QED) is 0.686. The molecular weight excluding hydrogens is 276 g/mol. The molecule has 21 heavy (non-hydrogen) atoms. The summed E-state index contributed by atoms with van der Waals surface area (Å²) >= 11 is 0. The Labute approximate surface area is 120 Å². The lowest BCUT2D eigenvalue weighted by atomic mass is 9.91. The monoisotopic (exact) mass is 290 g/mol. The summed E-state index contributed by atoms with van der Waals surface area (Å²) < 4.78 is 5.31. The van der Waals surface area contributed by atoms with Crippen LogP contribution in [0.4, 0.5) is 5.69 Å². The van der Waals surface area contributed by atoms with Gasteiger partial charge in [-0.15, -0.1) is 0 Å². The van der Waals surface area contributed by atoms with E-state index >= 15 is 0 Å². The highest BCUT2D eigenvalue weighted by molar-refractivity contribution is 5.86. The Bertz CT molecular complexity index is 695. The normalized spacial score (nSPS) is 11.4. The Balaban J connectivity index is 2.50. The number of carbonyl (C=O) groups is 1. The molecule has 1 aromatic heterocycles. The molecule has 0 aliphatic carbocycles. The molecule has 0 aliphatic heterocycles. The SMILES string of the molecule is CC(C)(C)c1nc(-c2ccc([N+](=O)[O-])cc2)oc1C(=O)O. The van der Waals surface area contributed by atoms with Crippen molar-refractivity contribution in [2.24, 2.45) is 0 Å². The van der Waals surface area contributed by atoms with Crippen LogP contribution in [0.3, 0.4) is 0 Å². The molecule has 0 aliphatic rings. The van der Waals surface area contributed by atoms with Crippen LogP contribution in [-0.4, -0.2) is 21.0 Å². The number of rotatable bonds is 3. The lowest BCUT2D eigenvalue weighted by Gasteiger charge is -2.14. The number of nitro groups is 1. The number of non-ortho nitro benzene ring substituents is 1. The molecule has 2 aromatic rings. The van der Waals surface area contributed by atoms with Gasteiger partial charge in [0.25, 0.3) is 5.69 Å². The van der Waals surface area contributed by atoms with Crippen LogP contribution >= 0.6 is 0 Å². The van der Waals surface area contributed by atoms with E-state index in [0.717, 1.165) is 0 Å². The first-order valence-corrected chi connectivity index (χ1v) is 6.19. The van der Waals surface area contributed by atoms with Crippen LogP contribution in [0.25, 0.3) is 11.5 Å². The van der Waals surface area contributed by atoms with Gasteiger partial charge in [0.15, 0.2) is 0 Å². The van der Waals surface area contributed by atoms with Crippen LogP contribution < -0.4 is 0 Å². The number of aromatic carboxylic acids is 1. The van der Waals surface area contributed by atoms with Gasteiger partial charge >= 0.3 is 5.97 Å². The average Bonchev–Trinajstić information content (AvgIpc) is 2.84. The van der Waals surface area contributed by atoms with E-state index in [1.54, 1.807) is 0 Å². The minimum absolute atomic E-state index is 0.0557. The summed E-state index contributed by atoms with van der Waals surface area (Å²) in [5.74, 6) is -1.27. The number of aromatic nitrogens is 1. The molecule has 1 aromatic carbocycles. The molecule has 0 radical (unpaired) electrons. The van der Waals surface area contributed by atoms with E-state index in [1.807, 2.05) is 20.8 Å². The van der Waals surface area contributed by atoms with Crippen molar-refractivity contribution in [1.82, 2.24) is 4.98 Å².